The van der Waals surface area contributed by atoms with Crippen molar-refractivity contribution >= 4 is 23.2 Å². The summed E-state index contributed by atoms with van der Waals surface area (Å²) in [6.45, 7) is 6.59. The molecule has 1 heterocycles. The normalized spacial score (nSPS) is 16.9. The molecule has 5 nitrogen and oxygen atoms in total. The Morgan fingerprint density at radius 3 is 2.73 bits per heavy atom. The second-order valence-corrected chi connectivity index (χ2v) is 7.05. The van der Waals surface area contributed by atoms with E-state index < -0.39 is 5.54 Å². The Balaban J connectivity index is 1.75. The van der Waals surface area contributed by atoms with Crippen LogP contribution >= 0.6 is 11.3 Å². The topological polar surface area (TPSA) is 71.1 Å². The van der Waals surface area contributed by atoms with E-state index in [1.165, 1.54) is 0 Å². The molecule has 2 N–H and O–H groups in total. The van der Waals surface area contributed by atoms with Gasteiger partial charge in [-0.25, -0.2) is 4.98 Å². The monoisotopic (exact) mass is 323 g/mol. The fourth-order valence-electron chi connectivity index (χ4n) is 2.22. The number of rotatable bonds is 8. The average Bonchev–Trinajstić information content (AvgIpc) is 3.25. The maximum absolute atomic E-state index is 12.1. The first-order valence-electron chi connectivity index (χ1n) is 7.96. The molecule has 1 aliphatic carbocycles. The van der Waals surface area contributed by atoms with Gasteiger partial charge in [0.2, 0.25) is 11.8 Å². The van der Waals surface area contributed by atoms with Crippen LogP contribution in [0.5, 0.6) is 0 Å². The van der Waals surface area contributed by atoms with Crippen molar-refractivity contribution < 1.29 is 9.59 Å². The molecule has 1 fully saturated rings. The van der Waals surface area contributed by atoms with Gasteiger partial charge in [-0.15, -0.1) is 11.3 Å². The molecule has 0 unspecified atom stereocenters. The van der Waals surface area contributed by atoms with Crippen LogP contribution in [0.1, 0.15) is 56.7 Å². The van der Waals surface area contributed by atoms with Crippen LogP contribution in [0.15, 0.2) is 5.38 Å². The minimum Gasteiger partial charge on any atom is -0.356 e. The van der Waals surface area contributed by atoms with Gasteiger partial charge in [-0.2, -0.15) is 0 Å². The van der Waals surface area contributed by atoms with Crippen molar-refractivity contribution in [1.82, 2.24) is 15.6 Å². The van der Waals surface area contributed by atoms with E-state index in [0.717, 1.165) is 30.0 Å². The smallest absolute Gasteiger partial charge is 0.223 e. The summed E-state index contributed by atoms with van der Waals surface area (Å²) in [6, 6.07) is 0. The third kappa shape index (κ3) is 4.53. The third-order valence-corrected chi connectivity index (χ3v) is 5.27. The Morgan fingerprint density at radius 2 is 2.18 bits per heavy atom. The molecule has 1 atom stereocenters. The molecule has 1 saturated carbocycles. The van der Waals surface area contributed by atoms with Gasteiger partial charge in [0.05, 0.1) is 5.54 Å². The number of nitrogens with zero attached hydrogens (tertiary/aromatic N) is 1. The van der Waals surface area contributed by atoms with Crippen molar-refractivity contribution in [1.29, 1.82) is 0 Å². The van der Waals surface area contributed by atoms with Crippen LogP contribution < -0.4 is 10.6 Å². The summed E-state index contributed by atoms with van der Waals surface area (Å²) < 4.78 is 0. The molecule has 0 radical (unpaired) electrons. The zero-order chi connectivity index (χ0) is 16.2. The first kappa shape index (κ1) is 16.9. The van der Waals surface area contributed by atoms with Crippen molar-refractivity contribution in [2.75, 3.05) is 6.54 Å². The van der Waals surface area contributed by atoms with Gasteiger partial charge in [0, 0.05) is 30.0 Å². The summed E-state index contributed by atoms with van der Waals surface area (Å²) in [7, 11) is 0. The van der Waals surface area contributed by atoms with Gasteiger partial charge >= 0.3 is 0 Å². The highest BCUT2D eigenvalue weighted by atomic mass is 32.1. The van der Waals surface area contributed by atoms with E-state index in [1.807, 2.05) is 26.2 Å². The fourth-order valence-corrected chi connectivity index (χ4v) is 3.21. The van der Waals surface area contributed by atoms with E-state index in [0.29, 0.717) is 19.4 Å². The maximum atomic E-state index is 12.1. The first-order chi connectivity index (χ1) is 10.4. The molecule has 0 aliphatic heterocycles. The number of aromatic nitrogens is 1. The molecule has 0 spiro atoms. The Hall–Kier alpha value is -1.43. The number of amides is 2. The Kier molecular flexibility index (Phi) is 5.56. The number of hydrogen-bond donors (Lipinski definition) is 2. The highest BCUT2D eigenvalue weighted by molar-refractivity contribution is 7.09. The second-order valence-electron chi connectivity index (χ2n) is 6.20. The predicted molar refractivity (Wildman–Crippen MR) is 87.6 cm³/mol. The summed E-state index contributed by atoms with van der Waals surface area (Å²) in [5.74, 6) is 0.375. The molecule has 6 heteroatoms. The molecule has 22 heavy (non-hydrogen) atoms. The van der Waals surface area contributed by atoms with E-state index in [4.69, 9.17) is 0 Å². The average molecular weight is 323 g/mol. The fraction of sp³-hybridized carbons (Fsp3) is 0.688. The van der Waals surface area contributed by atoms with Crippen LogP contribution in [0.25, 0.3) is 0 Å². The first-order valence-corrected chi connectivity index (χ1v) is 8.84. The van der Waals surface area contributed by atoms with Crippen molar-refractivity contribution in [3.05, 3.63) is 16.1 Å². The SMILES string of the molecule is CC[C@](C)(NC(=O)CCCNC(=O)C1CC1)c1nc(C)cs1. The van der Waals surface area contributed by atoms with Gasteiger partial charge in [-0.1, -0.05) is 6.92 Å². The summed E-state index contributed by atoms with van der Waals surface area (Å²) in [4.78, 5) is 28.1. The van der Waals surface area contributed by atoms with Crippen LogP contribution in [0.2, 0.25) is 0 Å². The van der Waals surface area contributed by atoms with Crippen LogP contribution in [-0.4, -0.2) is 23.3 Å². The summed E-state index contributed by atoms with van der Waals surface area (Å²) >= 11 is 1.58. The Morgan fingerprint density at radius 1 is 1.45 bits per heavy atom. The zero-order valence-electron chi connectivity index (χ0n) is 13.6. The van der Waals surface area contributed by atoms with Crippen LogP contribution in [0, 0.1) is 12.8 Å². The van der Waals surface area contributed by atoms with Gasteiger partial charge in [0.15, 0.2) is 0 Å². The third-order valence-electron chi connectivity index (χ3n) is 4.04. The lowest BCUT2D eigenvalue weighted by Gasteiger charge is -2.27. The standard InChI is InChI=1S/C16H25N3O2S/c1-4-16(3,15-18-11(2)10-22-15)19-13(20)6-5-9-17-14(21)12-7-8-12/h10,12H,4-9H2,1-3H3,(H,17,21)(H,19,20)/t16-/m0/s1. The van der Waals surface area contributed by atoms with Crippen LogP contribution in [0.4, 0.5) is 0 Å². The number of carbonyl (C=O) groups is 2. The van der Waals surface area contributed by atoms with Gasteiger partial charge in [-0.3, -0.25) is 9.59 Å². The van der Waals surface area contributed by atoms with E-state index >= 15 is 0 Å². The van der Waals surface area contributed by atoms with E-state index in [2.05, 4.69) is 15.6 Å². The molecule has 2 amide bonds. The van der Waals surface area contributed by atoms with Crippen molar-refractivity contribution in [2.24, 2.45) is 5.92 Å². The number of hydrogen-bond acceptors (Lipinski definition) is 4. The predicted octanol–water partition coefficient (Wildman–Crippen LogP) is 2.50. The molecule has 2 rings (SSSR count). The molecule has 122 valence electrons. The molecule has 0 bridgehead atoms. The molecular weight excluding hydrogens is 298 g/mol. The number of aryl methyl sites for hydroxylation is 1. The number of nitrogens with one attached hydrogen (secondary N) is 2. The minimum absolute atomic E-state index is 0.0119. The zero-order valence-corrected chi connectivity index (χ0v) is 14.4. The quantitative estimate of drug-likeness (QED) is 0.722. The lowest BCUT2D eigenvalue weighted by atomic mass is 9.99. The Bertz CT molecular complexity index is 539. The molecule has 0 saturated heterocycles. The van der Waals surface area contributed by atoms with Crippen molar-refractivity contribution in [3.8, 4) is 0 Å². The molecular formula is C16H25N3O2S. The molecule has 1 aromatic rings. The van der Waals surface area contributed by atoms with Gasteiger partial charge in [0.1, 0.15) is 5.01 Å². The van der Waals surface area contributed by atoms with E-state index in [9.17, 15) is 9.59 Å². The highest BCUT2D eigenvalue weighted by Crippen LogP contribution is 2.29. The molecule has 1 aliphatic rings. The highest BCUT2D eigenvalue weighted by Gasteiger charge is 2.30. The van der Waals surface area contributed by atoms with Crippen molar-refractivity contribution in [2.45, 2.75) is 58.4 Å². The summed E-state index contributed by atoms with van der Waals surface area (Å²) in [5.41, 5.74) is 0.574. The van der Waals surface area contributed by atoms with E-state index in [1.54, 1.807) is 11.3 Å². The molecule has 1 aromatic heterocycles. The van der Waals surface area contributed by atoms with Crippen molar-refractivity contribution in [3.63, 3.8) is 0 Å². The molecule has 0 aromatic carbocycles. The summed E-state index contributed by atoms with van der Waals surface area (Å²) in [5, 5.41) is 8.92. The van der Waals surface area contributed by atoms with E-state index in [-0.39, 0.29) is 17.7 Å². The Labute approximate surface area is 135 Å². The largest absolute Gasteiger partial charge is 0.356 e. The van der Waals surface area contributed by atoms with Crippen LogP contribution in [0.3, 0.4) is 0 Å². The number of thiazole rings is 1. The lowest BCUT2D eigenvalue weighted by molar-refractivity contribution is -0.124. The van der Waals surface area contributed by atoms with Gasteiger partial charge in [0.25, 0.3) is 0 Å². The summed E-state index contributed by atoms with van der Waals surface area (Å²) in [6.07, 6.45) is 3.90. The minimum atomic E-state index is -0.409. The lowest BCUT2D eigenvalue weighted by Crippen LogP contribution is -2.43. The maximum Gasteiger partial charge on any atom is 0.223 e. The van der Waals surface area contributed by atoms with Gasteiger partial charge in [-0.05, 0) is 39.5 Å². The second kappa shape index (κ2) is 7.22. The van der Waals surface area contributed by atoms with Gasteiger partial charge < -0.3 is 10.6 Å². The van der Waals surface area contributed by atoms with Crippen LogP contribution in [-0.2, 0) is 15.1 Å². The number of carbonyl (C=O) groups excluding carboxylic acids is 2.